The molecule has 8 nitrogen and oxygen atoms in total. The molecule has 2 aromatic carbocycles. The van der Waals surface area contributed by atoms with Crippen molar-refractivity contribution in [2.45, 2.75) is 24.8 Å². The summed E-state index contributed by atoms with van der Waals surface area (Å²) in [7, 11) is 0. The van der Waals surface area contributed by atoms with Crippen molar-refractivity contribution in [2.24, 2.45) is 5.73 Å². The summed E-state index contributed by atoms with van der Waals surface area (Å²) in [6.45, 7) is 3.29. The van der Waals surface area contributed by atoms with Crippen molar-refractivity contribution in [2.75, 3.05) is 31.2 Å². The van der Waals surface area contributed by atoms with Gasteiger partial charge in [-0.05, 0) is 67.3 Å². The topological polar surface area (TPSA) is 95.0 Å². The third-order valence-corrected chi connectivity index (χ3v) is 7.73. The molecule has 1 aliphatic heterocycles. The summed E-state index contributed by atoms with van der Waals surface area (Å²) in [4.78, 5) is 21.4. The van der Waals surface area contributed by atoms with Gasteiger partial charge in [-0.3, -0.25) is 4.57 Å². The van der Waals surface area contributed by atoms with Crippen LogP contribution in [-0.2, 0) is 10.3 Å². The molecule has 1 saturated heterocycles. The summed E-state index contributed by atoms with van der Waals surface area (Å²) in [5.74, 6) is 1.21. The van der Waals surface area contributed by atoms with Crippen molar-refractivity contribution in [1.82, 2.24) is 24.5 Å². The number of hydrogen-bond donors (Lipinski definition) is 1. The minimum Gasteiger partial charge on any atom is -0.378 e. The van der Waals surface area contributed by atoms with E-state index < -0.39 is 0 Å². The molecule has 0 radical (unpaired) electrons. The van der Waals surface area contributed by atoms with Crippen molar-refractivity contribution in [3.8, 4) is 28.6 Å². The molecule has 0 unspecified atom stereocenters. The van der Waals surface area contributed by atoms with E-state index in [1.165, 1.54) is 17.7 Å². The number of benzene rings is 2. The maximum absolute atomic E-state index is 6.59. The Hall–Kier alpha value is -4.14. The fourth-order valence-corrected chi connectivity index (χ4v) is 5.40. The van der Waals surface area contributed by atoms with Gasteiger partial charge in [0.1, 0.15) is 5.52 Å². The minimum atomic E-state index is -0.210. The highest BCUT2D eigenvalue weighted by Gasteiger charge is 2.34. The van der Waals surface area contributed by atoms with Gasteiger partial charge in [-0.25, -0.2) is 19.9 Å². The Morgan fingerprint density at radius 3 is 2.34 bits per heavy atom. The molecule has 3 aromatic heterocycles. The van der Waals surface area contributed by atoms with E-state index in [-0.39, 0.29) is 5.54 Å². The number of hydrogen-bond acceptors (Lipinski definition) is 7. The van der Waals surface area contributed by atoms with Crippen molar-refractivity contribution in [3.05, 3.63) is 84.7 Å². The van der Waals surface area contributed by atoms with Crippen molar-refractivity contribution in [3.63, 3.8) is 0 Å². The Morgan fingerprint density at radius 2 is 1.61 bits per heavy atom. The SMILES string of the molecule is NC1(c2ccc(-n3c(-c4ncccn4)nc4ccc(-c5cccc(N6CCOCC6)c5)nc43)cc2)CCC1. The van der Waals surface area contributed by atoms with Gasteiger partial charge in [-0.1, -0.05) is 24.3 Å². The number of morpholine rings is 1. The average molecular weight is 504 g/mol. The van der Waals surface area contributed by atoms with Gasteiger partial charge in [0.2, 0.25) is 0 Å². The van der Waals surface area contributed by atoms with E-state index in [0.717, 1.165) is 67.3 Å². The zero-order valence-corrected chi connectivity index (χ0v) is 21.1. The van der Waals surface area contributed by atoms with Crippen LogP contribution >= 0.6 is 0 Å². The molecule has 4 heterocycles. The first-order valence-electron chi connectivity index (χ1n) is 13.2. The van der Waals surface area contributed by atoms with Crippen LogP contribution in [0, 0.1) is 0 Å². The van der Waals surface area contributed by atoms with E-state index in [1.807, 2.05) is 22.8 Å². The van der Waals surface area contributed by atoms with Gasteiger partial charge in [0.15, 0.2) is 17.3 Å². The predicted molar refractivity (Wildman–Crippen MR) is 148 cm³/mol. The van der Waals surface area contributed by atoms with Crippen LogP contribution in [0.1, 0.15) is 24.8 Å². The van der Waals surface area contributed by atoms with E-state index in [0.29, 0.717) is 11.6 Å². The predicted octanol–water partition coefficient (Wildman–Crippen LogP) is 4.72. The van der Waals surface area contributed by atoms with Gasteiger partial charge in [-0.15, -0.1) is 0 Å². The minimum absolute atomic E-state index is 0.210. The highest BCUT2D eigenvalue weighted by Crippen LogP contribution is 2.39. The van der Waals surface area contributed by atoms with Gasteiger partial charge >= 0.3 is 0 Å². The van der Waals surface area contributed by atoms with Crippen molar-refractivity contribution >= 4 is 16.9 Å². The first-order valence-corrected chi connectivity index (χ1v) is 13.2. The normalized spacial score (nSPS) is 16.9. The summed E-state index contributed by atoms with van der Waals surface area (Å²) < 4.78 is 7.58. The number of rotatable bonds is 5. The zero-order chi connectivity index (χ0) is 25.5. The molecular weight excluding hydrogens is 474 g/mol. The number of nitrogens with zero attached hydrogens (tertiary/aromatic N) is 6. The van der Waals surface area contributed by atoms with Gasteiger partial charge in [0.25, 0.3) is 0 Å². The second-order valence-electron chi connectivity index (χ2n) is 10.1. The van der Waals surface area contributed by atoms with Crippen LogP contribution in [0.15, 0.2) is 79.1 Å². The van der Waals surface area contributed by atoms with Crippen LogP contribution in [0.25, 0.3) is 39.8 Å². The second kappa shape index (κ2) is 9.31. The molecule has 8 heteroatoms. The summed E-state index contributed by atoms with van der Waals surface area (Å²) in [6.07, 6.45) is 6.70. The van der Waals surface area contributed by atoms with Gasteiger partial charge in [0, 0.05) is 48.0 Å². The molecule has 0 spiro atoms. The molecule has 7 rings (SSSR count). The lowest BCUT2D eigenvalue weighted by molar-refractivity contribution is 0.122. The highest BCUT2D eigenvalue weighted by atomic mass is 16.5. The van der Waals surface area contributed by atoms with E-state index in [1.54, 1.807) is 12.4 Å². The fourth-order valence-electron chi connectivity index (χ4n) is 5.40. The standard InChI is InChI=1S/C30H29N7O/c31-30(12-2-13-30)22-6-8-23(9-7-22)37-28-26(35-29(37)27-32-14-3-15-33-27)11-10-25(34-28)21-4-1-5-24(20-21)36-16-18-38-19-17-36/h1,3-11,14-15,20H,2,12-13,16-19,31H2. The maximum atomic E-state index is 6.59. The highest BCUT2D eigenvalue weighted by molar-refractivity contribution is 5.82. The number of ether oxygens (including phenoxy) is 1. The van der Waals surface area contributed by atoms with E-state index >= 15 is 0 Å². The van der Waals surface area contributed by atoms with Crippen LogP contribution in [0.5, 0.6) is 0 Å². The Labute approximate surface area is 221 Å². The smallest absolute Gasteiger partial charge is 0.196 e. The number of aromatic nitrogens is 5. The molecule has 2 aliphatic rings. The third kappa shape index (κ3) is 4.02. The van der Waals surface area contributed by atoms with Crippen LogP contribution in [0.2, 0.25) is 0 Å². The van der Waals surface area contributed by atoms with Gasteiger partial charge in [0.05, 0.1) is 18.9 Å². The first kappa shape index (κ1) is 23.0. The lowest BCUT2D eigenvalue weighted by atomic mass is 9.73. The summed E-state index contributed by atoms with van der Waals surface area (Å²) in [5, 5.41) is 0. The van der Waals surface area contributed by atoms with Crippen LogP contribution in [-0.4, -0.2) is 50.8 Å². The lowest BCUT2D eigenvalue weighted by Gasteiger charge is -2.38. The average Bonchev–Trinajstić information content (AvgIpc) is 3.36. The third-order valence-electron chi connectivity index (χ3n) is 7.73. The molecule has 2 N–H and O–H groups in total. The summed E-state index contributed by atoms with van der Waals surface area (Å²) in [6, 6.07) is 22.9. The molecule has 0 amide bonds. The summed E-state index contributed by atoms with van der Waals surface area (Å²) >= 11 is 0. The molecule has 5 aromatic rings. The van der Waals surface area contributed by atoms with E-state index in [4.69, 9.17) is 20.4 Å². The molecule has 2 fully saturated rings. The number of nitrogens with two attached hydrogens (primary N) is 1. The molecule has 190 valence electrons. The first-order chi connectivity index (χ1) is 18.7. The molecule has 1 saturated carbocycles. The van der Waals surface area contributed by atoms with Gasteiger partial charge in [-0.2, -0.15) is 0 Å². The van der Waals surface area contributed by atoms with Crippen molar-refractivity contribution < 1.29 is 4.74 Å². The number of anilines is 1. The molecule has 0 bridgehead atoms. The summed E-state index contributed by atoms with van der Waals surface area (Å²) in [5.41, 5.74) is 13.2. The van der Waals surface area contributed by atoms with Crippen LogP contribution in [0.4, 0.5) is 5.69 Å². The zero-order valence-electron chi connectivity index (χ0n) is 21.1. The Morgan fingerprint density at radius 1 is 0.816 bits per heavy atom. The van der Waals surface area contributed by atoms with E-state index in [2.05, 4.69) is 63.4 Å². The Bertz CT molecular complexity index is 1590. The Kier molecular flexibility index (Phi) is 5.64. The van der Waals surface area contributed by atoms with Gasteiger partial charge < -0.3 is 15.4 Å². The molecule has 1 aliphatic carbocycles. The number of fused-ring (bicyclic) bond motifs is 1. The number of pyridine rings is 1. The molecule has 0 atom stereocenters. The molecule has 38 heavy (non-hydrogen) atoms. The largest absolute Gasteiger partial charge is 0.378 e. The molecular formula is C30H29N7O. The van der Waals surface area contributed by atoms with Crippen LogP contribution in [0.3, 0.4) is 0 Å². The quantitative estimate of drug-likeness (QED) is 0.371. The van der Waals surface area contributed by atoms with Crippen LogP contribution < -0.4 is 10.6 Å². The second-order valence-corrected chi connectivity index (χ2v) is 10.1. The monoisotopic (exact) mass is 503 g/mol. The Balaban J connectivity index is 1.35. The van der Waals surface area contributed by atoms with E-state index in [9.17, 15) is 0 Å². The number of imidazole rings is 1. The van der Waals surface area contributed by atoms with Crippen molar-refractivity contribution in [1.29, 1.82) is 0 Å². The maximum Gasteiger partial charge on any atom is 0.196 e. The lowest BCUT2D eigenvalue weighted by Crippen LogP contribution is -2.43. The fraction of sp³-hybridized carbons (Fsp3) is 0.267.